The molecule has 144 valence electrons. The molecule has 0 saturated heterocycles. The molecule has 3 rings (SSSR count). The molecule has 3 aromatic rings. The van der Waals surface area contributed by atoms with Crippen molar-refractivity contribution < 1.29 is 9.59 Å². The van der Waals surface area contributed by atoms with Crippen LogP contribution in [0.5, 0.6) is 0 Å². The molecule has 2 aromatic carbocycles. The minimum Gasteiger partial charge on any atom is -0.339 e. The van der Waals surface area contributed by atoms with Crippen LogP contribution >= 0.6 is 11.8 Å². The number of benzene rings is 2. The molecule has 0 aliphatic heterocycles. The van der Waals surface area contributed by atoms with Gasteiger partial charge in [0, 0.05) is 47.3 Å². The van der Waals surface area contributed by atoms with Gasteiger partial charge in [0.2, 0.25) is 0 Å². The maximum atomic E-state index is 12.6. The van der Waals surface area contributed by atoms with Gasteiger partial charge in [0.1, 0.15) is 0 Å². The molecule has 1 heterocycles. The number of carbonyl (C=O) groups is 2. The molecule has 0 aliphatic rings. The summed E-state index contributed by atoms with van der Waals surface area (Å²) in [6.45, 7) is 4.11. The highest BCUT2D eigenvalue weighted by atomic mass is 32.2. The predicted molar refractivity (Wildman–Crippen MR) is 115 cm³/mol. The second kappa shape index (κ2) is 8.35. The van der Waals surface area contributed by atoms with E-state index in [2.05, 4.69) is 35.9 Å². The smallest absolute Gasteiger partial charge is 0.285 e. The van der Waals surface area contributed by atoms with Crippen molar-refractivity contribution in [2.45, 2.75) is 18.7 Å². The lowest BCUT2D eigenvalue weighted by Crippen LogP contribution is -2.16. The van der Waals surface area contributed by atoms with Crippen molar-refractivity contribution in [1.82, 2.24) is 9.47 Å². The number of carbonyl (C=O) groups excluding carboxylic acids is 2. The molecule has 5 nitrogen and oxygen atoms in total. The Hall–Kier alpha value is -2.99. The van der Waals surface area contributed by atoms with Crippen LogP contribution in [0.3, 0.4) is 0 Å². The van der Waals surface area contributed by atoms with E-state index in [1.165, 1.54) is 4.90 Å². The molecule has 0 radical (unpaired) electrons. The summed E-state index contributed by atoms with van der Waals surface area (Å²) in [6, 6.07) is 18.9. The standard InChI is InChI=1S/C22H23N3O2S/c1-15-8-9-16(2)25(15)19-12-10-17(11-13-19)21(26)23-18-6-5-7-20(14-18)28-22(27)24(3)4/h5-14H,1-4H3,(H,23,26). The summed E-state index contributed by atoms with van der Waals surface area (Å²) in [6.07, 6.45) is 0. The molecular weight excluding hydrogens is 370 g/mol. The Kier molecular flexibility index (Phi) is 5.90. The maximum Gasteiger partial charge on any atom is 0.285 e. The quantitative estimate of drug-likeness (QED) is 0.626. The van der Waals surface area contributed by atoms with Crippen molar-refractivity contribution in [3.63, 3.8) is 0 Å². The highest BCUT2D eigenvalue weighted by molar-refractivity contribution is 8.13. The average molecular weight is 394 g/mol. The predicted octanol–water partition coefficient (Wildman–Crippen LogP) is 5.12. The molecule has 1 N–H and O–H groups in total. The van der Waals surface area contributed by atoms with Gasteiger partial charge in [0.25, 0.3) is 11.1 Å². The first-order valence-electron chi connectivity index (χ1n) is 8.91. The molecule has 2 amide bonds. The van der Waals surface area contributed by atoms with Crippen LogP contribution in [0.2, 0.25) is 0 Å². The summed E-state index contributed by atoms with van der Waals surface area (Å²) in [5.41, 5.74) is 4.56. The van der Waals surface area contributed by atoms with Gasteiger partial charge in [-0.2, -0.15) is 0 Å². The summed E-state index contributed by atoms with van der Waals surface area (Å²) in [7, 11) is 3.42. The molecule has 0 fully saturated rings. The Labute approximate surface area is 169 Å². The van der Waals surface area contributed by atoms with E-state index in [-0.39, 0.29) is 11.1 Å². The summed E-state index contributed by atoms with van der Waals surface area (Å²) < 4.78 is 2.14. The van der Waals surface area contributed by atoms with E-state index in [1.807, 2.05) is 42.5 Å². The van der Waals surface area contributed by atoms with Gasteiger partial charge in [-0.1, -0.05) is 6.07 Å². The monoisotopic (exact) mass is 393 g/mol. The summed E-state index contributed by atoms with van der Waals surface area (Å²) in [5, 5.41) is 2.83. The minimum absolute atomic E-state index is 0.0605. The largest absolute Gasteiger partial charge is 0.339 e. The first-order chi connectivity index (χ1) is 13.3. The van der Waals surface area contributed by atoms with E-state index in [1.54, 1.807) is 20.2 Å². The Morgan fingerprint density at radius 1 is 0.929 bits per heavy atom. The SMILES string of the molecule is Cc1ccc(C)n1-c1ccc(C(=O)Nc2cccc(SC(=O)N(C)C)c2)cc1. The van der Waals surface area contributed by atoms with E-state index in [9.17, 15) is 9.59 Å². The van der Waals surface area contributed by atoms with Crippen LogP contribution in [0, 0.1) is 13.8 Å². The lowest BCUT2D eigenvalue weighted by Gasteiger charge is -2.12. The number of anilines is 1. The molecular formula is C22H23N3O2S. The third-order valence-electron chi connectivity index (χ3n) is 4.32. The second-order valence-corrected chi connectivity index (χ2v) is 7.77. The van der Waals surface area contributed by atoms with Crippen LogP contribution in [0.1, 0.15) is 21.7 Å². The van der Waals surface area contributed by atoms with Crippen LogP contribution in [-0.4, -0.2) is 34.7 Å². The summed E-state index contributed by atoms with van der Waals surface area (Å²) in [4.78, 5) is 26.7. The molecule has 0 aliphatic carbocycles. The van der Waals surface area contributed by atoms with Crippen molar-refractivity contribution >= 4 is 28.6 Å². The first kappa shape index (κ1) is 19.8. The van der Waals surface area contributed by atoms with E-state index in [0.717, 1.165) is 33.7 Å². The molecule has 1 aromatic heterocycles. The number of hydrogen-bond donors (Lipinski definition) is 1. The van der Waals surface area contributed by atoms with Crippen molar-refractivity contribution in [3.05, 3.63) is 77.6 Å². The van der Waals surface area contributed by atoms with Crippen LogP contribution in [0.4, 0.5) is 10.5 Å². The number of nitrogens with one attached hydrogen (secondary N) is 1. The van der Waals surface area contributed by atoms with Gasteiger partial charge < -0.3 is 14.8 Å². The Balaban J connectivity index is 1.72. The number of thioether (sulfide) groups is 1. The van der Waals surface area contributed by atoms with Crippen LogP contribution in [0.15, 0.2) is 65.6 Å². The summed E-state index contributed by atoms with van der Waals surface area (Å²) >= 11 is 1.12. The van der Waals surface area contributed by atoms with Crippen LogP contribution in [-0.2, 0) is 0 Å². The van der Waals surface area contributed by atoms with E-state index >= 15 is 0 Å². The third kappa shape index (κ3) is 4.46. The molecule has 0 saturated carbocycles. The van der Waals surface area contributed by atoms with Gasteiger partial charge >= 0.3 is 0 Å². The van der Waals surface area contributed by atoms with Crippen LogP contribution < -0.4 is 5.32 Å². The number of rotatable bonds is 4. The molecule has 0 atom stereocenters. The maximum absolute atomic E-state index is 12.6. The van der Waals surface area contributed by atoms with Gasteiger partial charge in [0.15, 0.2) is 0 Å². The molecule has 0 unspecified atom stereocenters. The lowest BCUT2D eigenvalue weighted by atomic mass is 10.2. The van der Waals surface area contributed by atoms with Crippen molar-refractivity contribution in [3.8, 4) is 5.69 Å². The highest BCUT2D eigenvalue weighted by Crippen LogP contribution is 2.24. The van der Waals surface area contributed by atoms with Gasteiger partial charge in [0.05, 0.1) is 0 Å². The fourth-order valence-corrected chi connectivity index (χ4v) is 3.59. The fraction of sp³-hybridized carbons (Fsp3) is 0.182. The number of nitrogens with zero attached hydrogens (tertiary/aromatic N) is 2. The molecule has 28 heavy (non-hydrogen) atoms. The second-order valence-electron chi connectivity index (χ2n) is 6.74. The average Bonchev–Trinajstić information content (AvgIpc) is 3.00. The summed E-state index contributed by atoms with van der Waals surface area (Å²) in [5.74, 6) is -0.186. The zero-order chi connectivity index (χ0) is 20.3. The van der Waals surface area contributed by atoms with E-state index in [4.69, 9.17) is 0 Å². The highest BCUT2D eigenvalue weighted by Gasteiger charge is 2.10. The molecule has 6 heteroatoms. The molecule has 0 bridgehead atoms. The Morgan fingerprint density at radius 3 is 2.18 bits per heavy atom. The molecule has 0 spiro atoms. The Bertz CT molecular complexity index is 987. The zero-order valence-corrected chi connectivity index (χ0v) is 17.2. The van der Waals surface area contributed by atoms with Gasteiger partial charge in [-0.25, -0.2) is 0 Å². The van der Waals surface area contributed by atoms with Crippen LogP contribution in [0.25, 0.3) is 5.69 Å². The van der Waals surface area contributed by atoms with Crippen molar-refractivity contribution in [1.29, 1.82) is 0 Å². The Morgan fingerprint density at radius 2 is 1.57 bits per heavy atom. The fourth-order valence-electron chi connectivity index (χ4n) is 2.87. The topological polar surface area (TPSA) is 54.3 Å². The van der Waals surface area contributed by atoms with E-state index < -0.39 is 0 Å². The number of amides is 2. The normalized spacial score (nSPS) is 10.6. The van der Waals surface area contributed by atoms with Crippen molar-refractivity contribution in [2.24, 2.45) is 0 Å². The van der Waals surface area contributed by atoms with Gasteiger partial charge in [-0.15, -0.1) is 0 Å². The number of aromatic nitrogens is 1. The first-order valence-corrected chi connectivity index (χ1v) is 9.73. The number of aryl methyl sites for hydroxylation is 2. The van der Waals surface area contributed by atoms with Gasteiger partial charge in [-0.3, -0.25) is 9.59 Å². The van der Waals surface area contributed by atoms with Gasteiger partial charge in [-0.05, 0) is 80.2 Å². The third-order valence-corrected chi connectivity index (χ3v) is 5.35. The van der Waals surface area contributed by atoms with E-state index in [0.29, 0.717) is 11.3 Å². The lowest BCUT2D eigenvalue weighted by molar-refractivity contribution is 0.102. The zero-order valence-electron chi connectivity index (χ0n) is 16.4. The number of hydrogen-bond acceptors (Lipinski definition) is 3. The minimum atomic E-state index is -0.186. The van der Waals surface area contributed by atoms with Crippen molar-refractivity contribution in [2.75, 3.05) is 19.4 Å².